The Bertz CT molecular complexity index is 599. The minimum absolute atomic E-state index is 0.0247. The molecule has 0 aliphatic heterocycles. The molecule has 0 aliphatic carbocycles. The molecule has 0 spiro atoms. The second kappa shape index (κ2) is 6.06. The lowest BCUT2D eigenvalue weighted by Crippen LogP contribution is -2.19. The molecule has 0 atom stereocenters. The van der Waals surface area contributed by atoms with Crippen LogP contribution in [0.3, 0.4) is 0 Å². The molecule has 0 saturated carbocycles. The van der Waals surface area contributed by atoms with Gasteiger partial charge in [-0.15, -0.1) is 0 Å². The van der Waals surface area contributed by atoms with Crippen LogP contribution in [0.5, 0.6) is 0 Å². The van der Waals surface area contributed by atoms with Crippen molar-refractivity contribution in [1.82, 2.24) is 4.98 Å². The first-order valence-corrected chi connectivity index (χ1v) is 6.15. The number of ketones is 1. The summed E-state index contributed by atoms with van der Waals surface area (Å²) in [6.07, 6.45) is 3.36. The number of anilines is 2. The molecule has 0 amide bonds. The van der Waals surface area contributed by atoms with E-state index in [0.717, 1.165) is 11.4 Å². The van der Waals surface area contributed by atoms with Crippen molar-refractivity contribution in [3.05, 3.63) is 54.4 Å². The first-order valence-electron chi connectivity index (χ1n) is 5.74. The number of Topliss-reactive ketones (excluding diaryl/α,β-unsaturated/α-hetero) is 1. The van der Waals surface area contributed by atoms with Gasteiger partial charge in [-0.2, -0.15) is 0 Å². The summed E-state index contributed by atoms with van der Waals surface area (Å²) < 4.78 is 0. The minimum Gasteiger partial charge on any atom is -0.332 e. The summed E-state index contributed by atoms with van der Waals surface area (Å²) in [5, 5.41) is 6.53. The van der Waals surface area contributed by atoms with Crippen LogP contribution >= 0.6 is 12.2 Å². The van der Waals surface area contributed by atoms with Crippen LogP contribution in [0.1, 0.15) is 17.3 Å². The van der Waals surface area contributed by atoms with E-state index in [-0.39, 0.29) is 5.78 Å². The van der Waals surface area contributed by atoms with Gasteiger partial charge >= 0.3 is 0 Å². The Hall–Kier alpha value is -2.27. The molecule has 2 aromatic rings. The Balaban J connectivity index is 2.03. The molecule has 1 heterocycles. The molecule has 1 aromatic carbocycles. The van der Waals surface area contributed by atoms with Crippen molar-refractivity contribution in [3.63, 3.8) is 0 Å². The summed E-state index contributed by atoms with van der Waals surface area (Å²) in [4.78, 5) is 15.2. The number of nitrogens with one attached hydrogen (secondary N) is 2. The fourth-order valence-electron chi connectivity index (χ4n) is 1.54. The van der Waals surface area contributed by atoms with Crippen LogP contribution in [0.25, 0.3) is 0 Å². The van der Waals surface area contributed by atoms with Gasteiger partial charge in [-0.05, 0) is 43.4 Å². The molecule has 0 saturated heterocycles. The number of benzene rings is 1. The van der Waals surface area contributed by atoms with Gasteiger partial charge in [-0.3, -0.25) is 9.78 Å². The second-order valence-electron chi connectivity index (χ2n) is 3.95. The number of carbonyl (C=O) groups is 1. The van der Waals surface area contributed by atoms with Crippen LogP contribution in [0.15, 0.2) is 48.8 Å². The van der Waals surface area contributed by atoms with Crippen molar-refractivity contribution in [3.8, 4) is 0 Å². The summed E-state index contributed by atoms with van der Waals surface area (Å²) in [7, 11) is 0. The van der Waals surface area contributed by atoms with Crippen molar-refractivity contribution in [2.24, 2.45) is 0 Å². The molecule has 1 aromatic heterocycles. The smallest absolute Gasteiger partial charge is 0.175 e. The molecule has 4 nitrogen and oxygen atoms in total. The van der Waals surface area contributed by atoms with E-state index in [2.05, 4.69) is 15.6 Å². The van der Waals surface area contributed by atoms with E-state index in [9.17, 15) is 4.79 Å². The van der Waals surface area contributed by atoms with Gasteiger partial charge in [0.05, 0.1) is 0 Å². The lowest BCUT2D eigenvalue weighted by atomic mass is 10.1. The number of pyridine rings is 1. The van der Waals surface area contributed by atoms with Gasteiger partial charge in [-0.25, -0.2) is 0 Å². The third kappa shape index (κ3) is 3.86. The highest BCUT2D eigenvalue weighted by Crippen LogP contribution is 2.12. The van der Waals surface area contributed by atoms with E-state index < -0.39 is 0 Å². The van der Waals surface area contributed by atoms with Crippen molar-refractivity contribution in [2.75, 3.05) is 10.6 Å². The molecule has 2 rings (SSSR count). The Morgan fingerprint density at radius 2 is 1.79 bits per heavy atom. The number of thiocarbonyl (C=S) groups is 1. The minimum atomic E-state index is 0.0247. The molecular weight excluding hydrogens is 258 g/mol. The summed E-state index contributed by atoms with van der Waals surface area (Å²) in [5.41, 5.74) is 2.28. The molecule has 0 fully saturated rings. The Morgan fingerprint density at radius 1 is 1.11 bits per heavy atom. The van der Waals surface area contributed by atoms with Gasteiger partial charge in [0.1, 0.15) is 0 Å². The largest absolute Gasteiger partial charge is 0.332 e. The van der Waals surface area contributed by atoms with Crippen molar-refractivity contribution >= 4 is 34.5 Å². The second-order valence-corrected chi connectivity index (χ2v) is 4.36. The molecular formula is C14H13N3OS. The van der Waals surface area contributed by atoms with Crippen LogP contribution < -0.4 is 10.6 Å². The van der Waals surface area contributed by atoms with E-state index in [1.54, 1.807) is 24.5 Å². The third-order valence-electron chi connectivity index (χ3n) is 2.47. The van der Waals surface area contributed by atoms with Crippen LogP contribution in [0.2, 0.25) is 0 Å². The maximum absolute atomic E-state index is 11.3. The van der Waals surface area contributed by atoms with Gasteiger partial charge in [0.15, 0.2) is 10.9 Å². The predicted molar refractivity (Wildman–Crippen MR) is 80.5 cm³/mol. The highest BCUT2D eigenvalue weighted by molar-refractivity contribution is 7.80. The highest BCUT2D eigenvalue weighted by Gasteiger charge is 2.02. The van der Waals surface area contributed by atoms with Crippen LogP contribution in [-0.2, 0) is 0 Å². The molecule has 19 heavy (non-hydrogen) atoms. The Kier molecular flexibility index (Phi) is 4.20. The van der Waals surface area contributed by atoms with Crippen LogP contribution in [0, 0.1) is 0 Å². The van der Waals surface area contributed by atoms with Crippen molar-refractivity contribution in [2.45, 2.75) is 6.92 Å². The average Bonchev–Trinajstić information content (AvgIpc) is 2.40. The predicted octanol–water partition coefficient (Wildman–Crippen LogP) is 3.09. The molecule has 0 bridgehead atoms. The maximum atomic E-state index is 11.3. The average molecular weight is 271 g/mol. The fourth-order valence-corrected chi connectivity index (χ4v) is 1.78. The molecule has 0 radical (unpaired) electrons. The number of nitrogens with zero attached hydrogens (tertiary/aromatic N) is 1. The number of hydrogen-bond donors (Lipinski definition) is 2. The van der Waals surface area contributed by atoms with Crippen molar-refractivity contribution in [1.29, 1.82) is 0 Å². The van der Waals surface area contributed by atoms with E-state index in [0.29, 0.717) is 10.7 Å². The first-order chi connectivity index (χ1) is 9.15. The summed E-state index contributed by atoms with van der Waals surface area (Å²) in [5.74, 6) is 0.0247. The quantitative estimate of drug-likeness (QED) is 0.663. The van der Waals surface area contributed by atoms with Crippen molar-refractivity contribution < 1.29 is 4.79 Å². The normalized spacial score (nSPS) is 9.74. The topological polar surface area (TPSA) is 54.0 Å². The lowest BCUT2D eigenvalue weighted by molar-refractivity contribution is 0.101. The monoisotopic (exact) mass is 271 g/mol. The summed E-state index contributed by atoms with van der Waals surface area (Å²) in [6, 6.07) is 10.8. The molecule has 0 unspecified atom stereocenters. The lowest BCUT2D eigenvalue weighted by Gasteiger charge is -2.10. The number of carbonyl (C=O) groups excluding carboxylic acids is 1. The summed E-state index contributed by atoms with van der Waals surface area (Å²) >= 11 is 5.20. The fraction of sp³-hybridized carbons (Fsp3) is 0.0714. The zero-order chi connectivity index (χ0) is 13.7. The van der Waals surface area contributed by atoms with E-state index in [1.165, 1.54) is 6.92 Å². The van der Waals surface area contributed by atoms with Crippen LogP contribution in [0.4, 0.5) is 11.4 Å². The van der Waals surface area contributed by atoms with Gasteiger partial charge in [0, 0.05) is 29.3 Å². The number of rotatable bonds is 3. The number of hydrogen-bond acceptors (Lipinski definition) is 3. The Labute approximate surface area is 116 Å². The van der Waals surface area contributed by atoms with Gasteiger partial charge < -0.3 is 10.6 Å². The standard InChI is InChI=1S/C14H13N3OS/c1-10(18)11-3-2-4-13(9-11)17-14(19)16-12-5-7-15-8-6-12/h2-9H,1H3,(H2,15,16,17,19). The summed E-state index contributed by atoms with van der Waals surface area (Å²) in [6.45, 7) is 1.53. The van der Waals surface area contributed by atoms with E-state index in [1.807, 2.05) is 24.3 Å². The molecule has 2 N–H and O–H groups in total. The van der Waals surface area contributed by atoms with Gasteiger partial charge in [0.2, 0.25) is 0 Å². The van der Waals surface area contributed by atoms with Gasteiger partial charge in [0.25, 0.3) is 0 Å². The molecule has 5 heteroatoms. The first kappa shape index (κ1) is 13.2. The molecule has 96 valence electrons. The van der Waals surface area contributed by atoms with E-state index in [4.69, 9.17) is 12.2 Å². The zero-order valence-corrected chi connectivity index (χ0v) is 11.2. The maximum Gasteiger partial charge on any atom is 0.175 e. The van der Waals surface area contributed by atoms with E-state index >= 15 is 0 Å². The third-order valence-corrected chi connectivity index (χ3v) is 2.67. The number of aromatic nitrogens is 1. The highest BCUT2D eigenvalue weighted by atomic mass is 32.1. The Morgan fingerprint density at radius 3 is 2.47 bits per heavy atom. The SMILES string of the molecule is CC(=O)c1cccc(NC(=S)Nc2ccncc2)c1. The van der Waals surface area contributed by atoms with Gasteiger partial charge in [-0.1, -0.05) is 12.1 Å². The zero-order valence-electron chi connectivity index (χ0n) is 10.4. The van der Waals surface area contributed by atoms with Crippen LogP contribution in [-0.4, -0.2) is 15.9 Å². The molecule has 0 aliphatic rings.